The maximum atomic E-state index is 4.20. The van der Waals surface area contributed by atoms with Crippen molar-refractivity contribution < 1.29 is 0 Å². The van der Waals surface area contributed by atoms with Crippen LogP contribution < -0.4 is 0 Å². The van der Waals surface area contributed by atoms with Crippen LogP contribution in [0.15, 0.2) is 24.5 Å². The van der Waals surface area contributed by atoms with Crippen molar-refractivity contribution in [3.8, 4) is 0 Å². The van der Waals surface area contributed by atoms with E-state index < -0.39 is 0 Å². The summed E-state index contributed by atoms with van der Waals surface area (Å²) in [5, 5.41) is 1.17. The standard InChI is InChI=1S/C8H8N2S/c1-6-2-4-9-8-7(6)3-5-10(8)11/h2-5,11H,1H3. The molecule has 3 heteroatoms. The third-order valence-electron chi connectivity index (χ3n) is 1.79. The van der Waals surface area contributed by atoms with E-state index >= 15 is 0 Å². The summed E-state index contributed by atoms with van der Waals surface area (Å²) in [4.78, 5) is 4.19. The van der Waals surface area contributed by atoms with E-state index in [1.54, 1.807) is 10.2 Å². The maximum absolute atomic E-state index is 4.20. The first-order chi connectivity index (χ1) is 5.29. The largest absolute Gasteiger partial charge is 0.278 e. The average Bonchev–Trinajstić information content (AvgIpc) is 2.35. The highest BCUT2D eigenvalue weighted by molar-refractivity contribution is 7.78. The predicted octanol–water partition coefficient (Wildman–Crippen LogP) is 2.04. The molecule has 0 aliphatic rings. The first-order valence-electron chi connectivity index (χ1n) is 3.41. The monoisotopic (exact) mass is 164 g/mol. The minimum Gasteiger partial charge on any atom is -0.278 e. The average molecular weight is 164 g/mol. The van der Waals surface area contributed by atoms with Gasteiger partial charge in [0.2, 0.25) is 0 Å². The van der Waals surface area contributed by atoms with E-state index in [-0.39, 0.29) is 0 Å². The van der Waals surface area contributed by atoms with E-state index in [1.165, 1.54) is 10.9 Å². The van der Waals surface area contributed by atoms with Gasteiger partial charge in [0, 0.05) is 17.8 Å². The van der Waals surface area contributed by atoms with Crippen LogP contribution in [0.2, 0.25) is 0 Å². The van der Waals surface area contributed by atoms with Crippen LogP contribution in [0.3, 0.4) is 0 Å². The molecule has 0 saturated heterocycles. The van der Waals surface area contributed by atoms with Gasteiger partial charge in [-0.3, -0.25) is 3.97 Å². The summed E-state index contributed by atoms with van der Waals surface area (Å²) in [5.41, 5.74) is 2.16. The Bertz CT molecular complexity index is 392. The van der Waals surface area contributed by atoms with Gasteiger partial charge in [-0.05, 0) is 24.6 Å². The Labute approximate surface area is 70.4 Å². The van der Waals surface area contributed by atoms with Gasteiger partial charge in [0.15, 0.2) is 0 Å². The van der Waals surface area contributed by atoms with Crippen LogP contribution in [0, 0.1) is 6.92 Å². The lowest BCUT2D eigenvalue weighted by Gasteiger charge is -1.94. The molecule has 0 saturated carbocycles. The number of thiol groups is 1. The van der Waals surface area contributed by atoms with Gasteiger partial charge in [-0.15, -0.1) is 0 Å². The fourth-order valence-electron chi connectivity index (χ4n) is 1.16. The van der Waals surface area contributed by atoms with Crippen molar-refractivity contribution in [2.45, 2.75) is 6.92 Å². The van der Waals surface area contributed by atoms with Crippen molar-refractivity contribution >= 4 is 23.8 Å². The first kappa shape index (κ1) is 6.73. The summed E-state index contributed by atoms with van der Waals surface area (Å²) in [6.07, 6.45) is 3.69. The van der Waals surface area contributed by atoms with Gasteiger partial charge >= 0.3 is 0 Å². The molecule has 0 N–H and O–H groups in total. The zero-order valence-electron chi connectivity index (χ0n) is 6.15. The van der Waals surface area contributed by atoms with Gasteiger partial charge in [-0.2, -0.15) is 0 Å². The Kier molecular flexibility index (Phi) is 1.39. The second kappa shape index (κ2) is 2.27. The minimum atomic E-state index is 0.924. The van der Waals surface area contributed by atoms with Crippen LogP contribution in [0.1, 0.15) is 5.56 Å². The summed E-state index contributed by atoms with van der Waals surface area (Å²) in [7, 11) is 0. The first-order valence-corrected chi connectivity index (χ1v) is 3.81. The molecule has 0 fully saturated rings. The van der Waals surface area contributed by atoms with E-state index in [4.69, 9.17) is 0 Å². The van der Waals surface area contributed by atoms with Crippen molar-refractivity contribution in [1.29, 1.82) is 0 Å². The molecule has 56 valence electrons. The van der Waals surface area contributed by atoms with Crippen molar-refractivity contribution in [3.63, 3.8) is 0 Å². The molecule has 0 unspecified atom stereocenters. The predicted molar refractivity (Wildman–Crippen MR) is 48.9 cm³/mol. The second-order valence-electron chi connectivity index (χ2n) is 2.53. The fraction of sp³-hybridized carbons (Fsp3) is 0.125. The Morgan fingerprint density at radius 3 is 3.00 bits per heavy atom. The molecule has 0 aliphatic carbocycles. The van der Waals surface area contributed by atoms with Crippen LogP contribution in [-0.2, 0) is 0 Å². The molecule has 2 heterocycles. The highest BCUT2D eigenvalue weighted by atomic mass is 32.1. The number of aryl methyl sites for hydroxylation is 1. The molecule has 0 aliphatic heterocycles. The number of hydrogen-bond donors (Lipinski definition) is 1. The summed E-state index contributed by atoms with van der Waals surface area (Å²) >= 11 is 4.20. The number of hydrogen-bond acceptors (Lipinski definition) is 2. The molecule has 2 nitrogen and oxygen atoms in total. The van der Waals surface area contributed by atoms with Crippen LogP contribution in [0.4, 0.5) is 0 Å². The number of nitrogens with zero attached hydrogens (tertiary/aromatic N) is 2. The van der Waals surface area contributed by atoms with Gasteiger partial charge in [0.25, 0.3) is 0 Å². The van der Waals surface area contributed by atoms with Gasteiger partial charge in [-0.1, -0.05) is 12.8 Å². The second-order valence-corrected chi connectivity index (χ2v) is 2.96. The Balaban J connectivity index is 2.94. The molecule has 0 radical (unpaired) electrons. The highest BCUT2D eigenvalue weighted by Gasteiger charge is 1.99. The van der Waals surface area contributed by atoms with Crippen LogP contribution in [0.5, 0.6) is 0 Å². The van der Waals surface area contributed by atoms with E-state index in [9.17, 15) is 0 Å². The fourth-order valence-corrected chi connectivity index (χ4v) is 1.39. The molecule has 2 rings (SSSR count). The Morgan fingerprint density at radius 2 is 2.27 bits per heavy atom. The maximum Gasteiger partial charge on any atom is 0.149 e. The topological polar surface area (TPSA) is 17.8 Å². The molecule has 2 aromatic rings. The van der Waals surface area contributed by atoms with Crippen LogP contribution in [-0.4, -0.2) is 8.96 Å². The molecular weight excluding hydrogens is 156 g/mol. The molecule has 0 bridgehead atoms. The highest BCUT2D eigenvalue weighted by Crippen LogP contribution is 2.17. The quantitative estimate of drug-likeness (QED) is 0.590. The molecule has 11 heavy (non-hydrogen) atoms. The lowest BCUT2D eigenvalue weighted by Crippen LogP contribution is -1.82. The van der Waals surface area contributed by atoms with E-state index in [0.717, 1.165) is 5.65 Å². The third-order valence-corrected chi connectivity index (χ3v) is 2.11. The zero-order chi connectivity index (χ0) is 7.84. The zero-order valence-corrected chi connectivity index (χ0v) is 7.05. The SMILES string of the molecule is Cc1ccnc2c1ccn2S. The van der Waals surface area contributed by atoms with E-state index in [0.29, 0.717) is 0 Å². The lowest BCUT2D eigenvalue weighted by atomic mass is 10.2. The molecule has 0 amide bonds. The van der Waals surface area contributed by atoms with E-state index in [1.807, 2.05) is 18.3 Å². The molecule has 2 aromatic heterocycles. The van der Waals surface area contributed by atoms with Crippen molar-refractivity contribution in [2.75, 3.05) is 0 Å². The molecule has 0 atom stereocenters. The summed E-state index contributed by atoms with van der Waals surface area (Å²) < 4.78 is 1.72. The Hall–Kier alpha value is -0.960. The summed E-state index contributed by atoms with van der Waals surface area (Å²) in [5.74, 6) is 0. The van der Waals surface area contributed by atoms with Gasteiger partial charge in [-0.25, -0.2) is 4.98 Å². The number of fused-ring (bicyclic) bond motifs is 1. The molecule has 0 spiro atoms. The third kappa shape index (κ3) is 0.922. The lowest BCUT2D eigenvalue weighted by molar-refractivity contribution is 1.26. The van der Waals surface area contributed by atoms with E-state index in [2.05, 4.69) is 24.7 Å². The normalized spacial score (nSPS) is 10.7. The minimum absolute atomic E-state index is 0.924. The van der Waals surface area contributed by atoms with Crippen molar-refractivity contribution in [3.05, 3.63) is 30.1 Å². The smallest absolute Gasteiger partial charge is 0.149 e. The number of aromatic nitrogens is 2. The molecule has 0 aromatic carbocycles. The summed E-state index contributed by atoms with van der Waals surface area (Å²) in [6, 6.07) is 4.01. The number of rotatable bonds is 0. The van der Waals surface area contributed by atoms with Crippen molar-refractivity contribution in [2.24, 2.45) is 0 Å². The van der Waals surface area contributed by atoms with Gasteiger partial charge in [0.05, 0.1) is 0 Å². The van der Waals surface area contributed by atoms with Crippen molar-refractivity contribution in [1.82, 2.24) is 8.96 Å². The number of pyridine rings is 1. The summed E-state index contributed by atoms with van der Waals surface area (Å²) in [6.45, 7) is 2.07. The van der Waals surface area contributed by atoms with Crippen LogP contribution >= 0.6 is 12.8 Å². The Morgan fingerprint density at radius 1 is 1.45 bits per heavy atom. The molecular formula is C8H8N2S. The van der Waals surface area contributed by atoms with Gasteiger partial charge in [0.1, 0.15) is 5.65 Å². The van der Waals surface area contributed by atoms with Crippen LogP contribution in [0.25, 0.3) is 11.0 Å². The van der Waals surface area contributed by atoms with Gasteiger partial charge < -0.3 is 0 Å².